The highest BCUT2D eigenvalue weighted by Gasteiger charge is 2.30. The van der Waals surface area contributed by atoms with Crippen LogP contribution < -0.4 is 5.32 Å². The molecule has 0 fully saturated rings. The molecule has 25 heavy (non-hydrogen) atoms. The Morgan fingerprint density at radius 3 is 2.48 bits per heavy atom. The van der Waals surface area contributed by atoms with E-state index in [9.17, 15) is 14.4 Å². The number of carbonyl (C=O) groups is 3. The number of amides is 2. The van der Waals surface area contributed by atoms with Crippen molar-refractivity contribution in [3.8, 4) is 0 Å². The summed E-state index contributed by atoms with van der Waals surface area (Å²) in [6.07, 6.45) is 9.07. The fourth-order valence-corrected chi connectivity index (χ4v) is 3.00. The Morgan fingerprint density at radius 1 is 1.24 bits per heavy atom. The van der Waals surface area contributed by atoms with Crippen LogP contribution >= 0.6 is 0 Å². The van der Waals surface area contributed by atoms with Gasteiger partial charge in [0.1, 0.15) is 6.04 Å². The molecule has 0 bridgehead atoms. The van der Waals surface area contributed by atoms with Gasteiger partial charge in [0.25, 0.3) is 0 Å². The van der Waals surface area contributed by atoms with Crippen LogP contribution in [0.3, 0.4) is 0 Å². The summed E-state index contributed by atoms with van der Waals surface area (Å²) in [5.74, 6) is -2.08. The second-order valence-corrected chi connectivity index (χ2v) is 7.18. The van der Waals surface area contributed by atoms with Gasteiger partial charge in [-0.1, -0.05) is 26.0 Å². The van der Waals surface area contributed by atoms with Crippen molar-refractivity contribution in [2.24, 2.45) is 11.8 Å². The van der Waals surface area contributed by atoms with E-state index in [0.29, 0.717) is 13.0 Å². The van der Waals surface area contributed by atoms with Gasteiger partial charge in [-0.15, -0.1) is 0 Å². The van der Waals surface area contributed by atoms with Crippen LogP contribution in [0.5, 0.6) is 0 Å². The summed E-state index contributed by atoms with van der Waals surface area (Å²) in [4.78, 5) is 38.0. The van der Waals surface area contributed by atoms with Crippen LogP contribution in [0.2, 0.25) is 0 Å². The average Bonchev–Trinajstić information content (AvgIpc) is 2.54. The molecule has 142 valence electrons. The molecule has 1 aliphatic heterocycles. The van der Waals surface area contributed by atoms with E-state index in [4.69, 9.17) is 5.11 Å². The minimum atomic E-state index is -0.988. The van der Waals surface area contributed by atoms with Crippen molar-refractivity contribution >= 4 is 17.8 Å². The van der Waals surface area contributed by atoms with Gasteiger partial charge >= 0.3 is 5.97 Å². The zero-order valence-electron chi connectivity index (χ0n) is 15.7. The highest BCUT2D eigenvalue weighted by Crippen LogP contribution is 2.16. The molecule has 0 aromatic carbocycles. The van der Waals surface area contributed by atoms with Gasteiger partial charge in [0, 0.05) is 19.5 Å². The first-order valence-electron chi connectivity index (χ1n) is 9.25. The first-order valence-corrected chi connectivity index (χ1v) is 9.25. The quantitative estimate of drug-likeness (QED) is 0.764. The minimum Gasteiger partial charge on any atom is -0.481 e. The molecule has 0 aromatic heterocycles. The highest BCUT2D eigenvalue weighted by molar-refractivity contribution is 5.90. The largest absolute Gasteiger partial charge is 0.481 e. The summed E-state index contributed by atoms with van der Waals surface area (Å²) < 4.78 is 0. The predicted molar refractivity (Wildman–Crippen MR) is 97.0 cm³/mol. The molecule has 2 atom stereocenters. The van der Waals surface area contributed by atoms with Gasteiger partial charge < -0.3 is 15.3 Å². The van der Waals surface area contributed by atoms with Gasteiger partial charge in [-0.3, -0.25) is 14.4 Å². The van der Waals surface area contributed by atoms with E-state index in [2.05, 4.69) is 17.5 Å². The summed E-state index contributed by atoms with van der Waals surface area (Å²) in [5.41, 5.74) is 0. The third kappa shape index (κ3) is 7.71. The molecule has 0 saturated heterocycles. The van der Waals surface area contributed by atoms with E-state index in [-0.39, 0.29) is 24.2 Å². The second-order valence-electron chi connectivity index (χ2n) is 7.18. The van der Waals surface area contributed by atoms with Gasteiger partial charge in [0.05, 0.1) is 6.42 Å². The molecular weight excluding hydrogens is 320 g/mol. The van der Waals surface area contributed by atoms with Gasteiger partial charge in [0.2, 0.25) is 11.8 Å². The molecule has 6 heteroatoms. The maximum Gasteiger partial charge on any atom is 0.304 e. The van der Waals surface area contributed by atoms with E-state index in [1.54, 1.807) is 11.9 Å². The third-order valence-corrected chi connectivity index (χ3v) is 4.60. The van der Waals surface area contributed by atoms with Crippen molar-refractivity contribution in [2.45, 2.75) is 64.8 Å². The van der Waals surface area contributed by atoms with E-state index >= 15 is 0 Å². The van der Waals surface area contributed by atoms with E-state index in [0.717, 1.165) is 32.1 Å². The summed E-state index contributed by atoms with van der Waals surface area (Å²) in [5, 5.41) is 11.9. The Labute approximate surface area is 150 Å². The molecule has 0 spiro atoms. The molecule has 1 rings (SSSR count). The molecule has 6 nitrogen and oxygen atoms in total. The number of carbonyl (C=O) groups excluding carboxylic acids is 2. The lowest BCUT2D eigenvalue weighted by Crippen LogP contribution is -2.52. The Bertz CT molecular complexity index is 488. The number of aliphatic carboxylic acids is 1. The van der Waals surface area contributed by atoms with Gasteiger partial charge in [-0.05, 0) is 44.4 Å². The fraction of sp³-hybridized carbons (Fsp3) is 0.737. The van der Waals surface area contributed by atoms with Crippen LogP contribution in [-0.2, 0) is 14.4 Å². The fourth-order valence-electron chi connectivity index (χ4n) is 3.00. The Morgan fingerprint density at radius 2 is 1.88 bits per heavy atom. The topological polar surface area (TPSA) is 86.7 Å². The summed E-state index contributed by atoms with van der Waals surface area (Å²) in [6, 6.07) is -0.614. The molecule has 1 heterocycles. The van der Waals surface area contributed by atoms with Crippen molar-refractivity contribution in [1.29, 1.82) is 0 Å². The number of likely N-dealkylation sites (N-methyl/N-ethyl adjacent to an activating group) is 1. The molecule has 0 aromatic rings. The smallest absolute Gasteiger partial charge is 0.304 e. The zero-order chi connectivity index (χ0) is 18.8. The van der Waals surface area contributed by atoms with Crippen LogP contribution in [0.15, 0.2) is 12.2 Å². The molecule has 2 amide bonds. The average molecular weight is 352 g/mol. The van der Waals surface area contributed by atoms with Crippen LogP contribution in [-0.4, -0.2) is 47.4 Å². The van der Waals surface area contributed by atoms with Crippen LogP contribution in [0, 0.1) is 11.8 Å². The number of carboxylic acids is 1. The number of hydrogen-bond acceptors (Lipinski definition) is 3. The lowest BCUT2D eigenvalue weighted by Gasteiger charge is -2.28. The number of hydrogen-bond donors (Lipinski definition) is 2. The van der Waals surface area contributed by atoms with E-state index in [1.807, 2.05) is 13.8 Å². The lowest BCUT2D eigenvalue weighted by molar-refractivity contribution is -0.142. The summed E-state index contributed by atoms with van der Waals surface area (Å²) >= 11 is 0. The Hall–Kier alpha value is -1.85. The number of nitrogens with zero attached hydrogens (tertiary/aromatic N) is 1. The maximum atomic E-state index is 12.7. The van der Waals surface area contributed by atoms with Gasteiger partial charge in [0.15, 0.2) is 0 Å². The van der Waals surface area contributed by atoms with Crippen molar-refractivity contribution in [3.05, 3.63) is 12.2 Å². The second kappa shape index (κ2) is 10.9. The Kier molecular flexibility index (Phi) is 9.24. The van der Waals surface area contributed by atoms with Gasteiger partial charge in [-0.25, -0.2) is 0 Å². The molecule has 0 radical (unpaired) electrons. The maximum absolute atomic E-state index is 12.7. The molecule has 1 aliphatic rings. The monoisotopic (exact) mass is 352 g/mol. The zero-order valence-corrected chi connectivity index (χ0v) is 15.7. The number of carboxylic acid groups (broad SMARTS) is 1. The van der Waals surface area contributed by atoms with Crippen molar-refractivity contribution in [2.75, 3.05) is 13.6 Å². The molecular formula is C19H32N2O4. The van der Waals surface area contributed by atoms with E-state index < -0.39 is 17.9 Å². The van der Waals surface area contributed by atoms with Gasteiger partial charge in [-0.2, -0.15) is 0 Å². The number of allylic oxidation sites excluding steroid dienone is 2. The number of rotatable bonds is 3. The summed E-state index contributed by atoms with van der Waals surface area (Å²) in [7, 11) is 1.76. The molecule has 0 saturated carbocycles. The number of nitrogens with one attached hydrogen (secondary N) is 1. The summed E-state index contributed by atoms with van der Waals surface area (Å²) in [6.45, 7) is 4.44. The normalized spacial score (nSPS) is 24.6. The third-order valence-electron chi connectivity index (χ3n) is 4.60. The Balaban J connectivity index is 2.93. The van der Waals surface area contributed by atoms with Crippen LogP contribution in [0.4, 0.5) is 0 Å². The van der Waals surface area contributed by atoms with Crippen LogP contribution in [0.1, 0.15) is 58.8 Å². The predicted octanol–water partition coefficient (Wildman–Crippen LogP) is 2.59. The lowest BCUT2D eigenvalue weighted by atomic mass is 9.95. The van der Waals surface area contributed by atoms with Crippen LogP contribution in [0.25, 0.3) is 0 Å². The van der Waals surface area contributed by atoms with Crippen molar-refractivity contribution in [1.82, 2.24) is 10.2 Å². The molecule has 0 aliphatic carbocycles. The first-order chi connectivity index (χ1) is 11.8. The van der Waals surface area contributed by atoms with E-state index in [1.165, 1.54) is 0 Å². The van der Waals surface area contributed by atoms with Crippen molar-refractivity contribution in [3.63, 3.8) is 0 Å². The first kappa shape index (κ1) is 21.2. The minimum absolute atomic E-state index is 0.0540. The molecule has 2 N–H and O–H groups in total. The standard InChI is InChI=1S/C19H32N2O4/c1-14(2)17-19(25)21(3)12-10-8-6-4-5-7-9-11-15(13-16(22)23)18(24)20-17/h4-5,14-15,17H,6-13H2,1-3H3,(H,20,24)(H,22,23)/t15-,17+/m1/s1. The van der Waals surface area contributed by atoms with Crippen molar-refractivity contribution < 1.29 is 19.5 Å². The highest BCUT2D eigenvalue weighted by atomic mass is 16.4. The molecule has 0 unspecified atom stereocenters. The SMILES string of the molecule is CC(C)[C@@H]1NC(=O)[C@@H](CC(=O)O)CCCC=CCCCCN(C)C1=O.